The largest absolute Gasteiger partial charge is 0.508 e. The van der Waals surface area contributed by atoms with Crippen LogP contribution in [0.5, 0.6) is 5.75 Å². The van der Waals surface area contributed by atoms with Crippen LogP contribution in [0.15, 0.2) is 47.2 Å². The Bertz CT molecular complexity index is 440. The molecule has 1 heterocycles. The van der Waals surface area contributed by atoms with Crippen molar-refractivity contribution in [3.8, 4) is 5.75 Å². The number of hydrogen-bond acceptors (Lipinski definition) is 2. The predicted octanol–water partition coefficient (Wildman–Crippen LogP) is 2.70. The van der Waals surface area contributed by atoms with Crippen LogP contribution in [-0.4, -0.2) is 9.78 Å². The zero-order chi connectivity index (χ0) is 10.7. The first-order chi connectivity index (χ1) is 7.25. The SMILES string of the molecule is Oc1ccc(Br)cc1CNn1cccc1. The minimum Gasteiger partial charge on any atom is -0.508 e. The Kier molecular flexibility index (Phi) is 2.97. The highest BCUT2D eigenvalue weighted by atomic mass is 79.9. The monoisotopic (exact) mass is 266 g/mol. The van der Waals surface area contributed by atoms with Gasteiger partial charge in [0.2, 0.25) is 0 Å². The highest BCUT2D eigenvalue weighted by molar-refractivity contribution is 9.10. The van der Waals surface area contributed by atoms with Crippen LogP contribution >= 0.6 is 15.9 Å². The van der Waals surface area contributed by atoms with Gasteiger partial charge in [-0.25, -0.2) is 0 Å². The molecule has 0 saturated heterocycles. The molecule has 0 atom stereocenters. The fourth-order valence-corrected chi connectivity index (χ4v) is 1.72. The maximum absolute atomic E-state index is 9.59. The van der Waals surface area contributed by atoms with Crippen LogP contribution in [-0.2, 0) is 6.54 Å². The summed E-state index contributed by atoms with van der Waals surface area (Å²) in [5.74, 6) is 0.304. The minimum atomic E-state index is 0.304. The van der Waals surface area contributed by atoms with Gasteiger partial charge in [-0.05, 0) is 30.3 Å². The van der Waals surface area contributed by atoms with Crippen LogP contribution < -0.4 is 5.43 Å². The summed E-state index contributed by atoms with van der Waals surface area (Å²) in [4.78, 5) is 0. The second kappa shape index (κ2) is 4.40. The normalized spacial score (nSPS) is 10.2. The third-order valence-corrected chi connectivity index (χ3v) is 2.59. The lowest BCUT2D eigenvalue weighted by atomic mass is 10.2. The number of aromatic hydroxyl groups is 1. The zero-order valence-electron chi connectivity index (χ0n) is 8.02. The second-order valence-electron chi connectivity index (χ2n) is 3.20. The Balaban J connectivity index is 2.07. The molecule has 0 aliphatic carbocycles. The Hall–Kier alpha value is -1.42. The lowest BCUT2D eigenvalue weighted by molar-refractivity contribution is 0.468. The number of benzene rings is 1. The van der Waals surface area contributed by atoms with Crippen LogP contribution in [0.1, 0.15) is 5.56 Å². The van der Waals surface area contributed by atoms with Gasteiger partial charge in [0, 0.05) is 22.4 Å². The quantitative estimate of drug-likeness (QED) is 0.897. The summed E-state index contributed by atoms with van der Waals surface area (Å²) in [6, 6.07) is 9.26. The number of nitrogens with zero attached hydrogens (tertiary/aromatic N) is 1. The average molecular weight is 267 g/mol. The number of phenols is 1. The molecule has 0 amide bonds. The van der Waals surface area contributed by atoms with Gasteiger partial charge in [0.15, 0.2) is 0 Å². The molecule has 4 heteroatoms. The van der Waals surface area contributed by atoms with E-state index in [4.69, 9.17) is 0 Å². The summed E-state index contributed by atoms with van der Waals surface area (Å²) in [7, 11) is 0. The van der Waals surface area contributed by atoms with Crippen LogP contribution in [0.3, 0.4) is 0 Å². The lowest BCUT2D eigenvalue weighted by Crippen LogP contribution is -2.11. The Morgan fingerprint density at radius 2 is 2.00 bits per heavy atom. The van der Waals surface area contributed by atoms with Crippen molar-refractivity contribution in [2.75, 3.05) is 5.43 Å². The molecule has 78 valence electrons. The van der Waals surface area contributed by atoms with Gasteiger partial charge in [-0.1, -0.05) is 15.9 Å². The van der Waals surface area contributed by atoms with E-state index in [1.807, 2.05) is 41.3 Å². The summed E-state index contributed by atoms with van der Waals surface area (Å²) in [5.41, 5.74) is 4.00. The molecule has 0 bridgehead atoms. The van der Waals surface area contributed by atoms with Crippen molar-refractivity contribution >= 4 is 15.9 Å². The molecule has 0 radical (unpaired) electrons. The summed E-state index contributed by atoms with van der Waals surface area (Å²) >= 11 is 3.37. The molecule has 2 N–H and O–H groups in total. The minimum absolute atomic E-state index is 0.304. The van der Waals surface area contributed by atoms with E-state index in [0.29, 0.717) is 12.3 Å². The molecule has 1 aromatic heterocycles. The summed E-state index contributed by atoms with van der Waals surface area (Å²) in [5, 5.41) is 9.59. The van der Waals surface area contributed by atoms with E-state index in [2.05, 4.69) is 21.4 Å². The highest BCUT2D eigenvalue weighted by Gasteiger charge is 2.00. The van der Waals surface area contributed by atoms with Gasteiger partial charge in [0.1, 0.15) is 5.75 Å². The molecule has 0 aliphatic heterocycles. The predicted molar refractivity (Wildman–Crippen MR) is 63.3 cm³/mol. The molecular weight excluding hydrogens is 256 g/mol. The molecule has 2 rings (SSSR count). The third-order valence-electron chi connectivity index (χ3n) is 2.10. The molecule has 0 fully saturated rings. The van der Waals surface area contributed by atoms with Crippen molar-refractivity contribution < 1.29 is 5.11 Å². The first kappa shape index (κ1) is 10.1. The molecule has 3 nitrogen and oxygen atoms in total. The smallest absolute Gasteiger partial charge is 0.120 e. The number of rotatable bonds is 3. The average Bonchev–Trinajstić information content (AvgIpc) is 2.72. The van der Waals surface area contributed by atoms with Crippen molar-refractivity contribution in [3.63, 3.8) is 0 Å². The standard InChI is InChI=1S/C11H11BrN2O/c12-10-3-4-11(15)9(7-10)8-13-14-5-1-2-6-14/h1-7,13,15H,8H2. The highest BCUT2D eigenvalue weighted by Crippen LogP contribution is 2.21. The van der Waals surface area contributed by atoms with Crippen LogP contribution in [0.2, 0.25) is 0 Å². The van der Waals surface area contributed by atoms with Gasteiger partial charge in [0.25, 0.3) is 0 Å². The molecule has 0 aliphatic rings. The van der Waals surface area contributed by atoms with Crippen molar-refractivity contribution in [2.45, 2.75) is 6.54 Å². The Morgan fingerprint density at radius 3 is 2.73 bits per heavy atom. The summed E-state index contributed by atoms with van der Waals surface area (Å²) in [6.07, 6.45) is 3.82. The maximum atomic E-state index is 9.59. The molecule has 0 spiro atoms. The topological polar surface area (TPSA) is 37.2 Å². The molecule has 0 saturated carbocycles. The summed E-state index contributed by atoms with van der Waals surface area (Å²) < 4.78 is 2.81. The number of phenolic OH excluding ortho intramolecular Hbond substituents is 1. The summed E-state index contributed by atoms with van der Waals surface area (Å²) in [6.45, 7) is 0.583. The van der Waals surface area contributed by atoms with Gasteiger partial charge < -0.3 is 10.5 Å². The van der Waals surface area contributed by atoms with Gasteiger partial charge in [-0.2, -0.15) is 0 Å². The third kappa shape index (κ3) is 2.53. The molecule has 0 unspecified atom stereocenters. The fourth-order valence-electron chi connectivity index (χ4n) is 1.31. The van der Waals surface area contributed by atoms with Crippen molar-refractivity contribution in [3.05, 3.63) is 52.8 Å². The van der Waals surface area contributed by atoms with E-state index >= 15 is 0 Å². The van der Waals surface area contributed by atoms with E-state index in [1.54, 1.807) is 6.07 Å². The lowest BCUT2D eigenvalue weighted by Gasteiger charge is -2.09. The van der Waals surface area contributed by atoms with Crippen molar-refractivity contribution in [2.24, 2.45) is 0 Å². The van der Waals surface area contributed by atoms with E-state index < -0.39 is 0 Å². The van der Waals surface area contributed by atoms with Crippen molar-refractivity contribution in [1.29, 1.82) is 0 Å². The Morgan fingerprint density at radius 1 is 1.27 bits per heavy atom. The number of hydrogen-bond donors (Lipinski definition) is 2. The number of halogens is 1. The Labute approximate surface area is 96.5 Å². The van der Waals surface area contributed by atoms with Gasteiger partial charge in [-0.15, -0.1) is 0 Å². The van der Waals surface area contributed by atoms with E-state index in [1.165, 1.54) is 0 Å². The van der Waals surface area contributed by atoms with Gasteiger partial charge in [-0.3, -0.25) is 4.68 Å². The van der Waals surface area contributed by atoms with Crippen LogP contribution in [0.25, 0.3) is 0 Å². The first-order valence-corrected chi connectivity index (χ1v) is 5.39. The van der Waals surface area contributed by atoms with E-state index in [9.17, 15) is 5.11 Å². The number of aromatic nitrogens is 1. The number of nitrogens with one attached hydrogen (secondary N) is 1. The first-order valence-electron chi connectivity index (χ1n) is 4.60. The van der Waals surface area contributed by atoms with Gasteiger partial charge >= 0.3 is 0 Å². The molecule has 2 aromatic rings. The fraction of sp³-hybridized carbons (Fsp3) is 0.0909. The second-order valence-corrected chi connectivity index (χ2v) is 4.11. The molecule has 15 heavy (non-hydrogen) atoms. The zero-order valence-corrected chi connectivity index (χ0v) is 9.61. The molecule has 1 aromatic carbocycles. The van der Waals surface area contributed by atoms with E-state index in [-0.39, 0.29) is 0 Å². The van der Waals surface area contributed by atoms with E-state index in [0.717, 1.165) is 10.0 Å². The van der Waals surface area contributed by atoms with Crippen molar-refractivity contribution in [1.82, 2.24) is 4.68 Å². The molecular formula is C11H11BrN2O. The maximum Gasteiger partial charge on any atom is 0.120 e. The van der Waals surface area contributed by atoms with Crippen LogP contribution in [0.4, 0.5) is 0 Å². The van der Waals surface area contributed by atoms with Crippen LogP contribution in [0, 0.1) is 0 Å². The van der Waals surface area contributed by atoms with Gasteiger partial charge in [0.05, 0.1) is 6.54 Å².